The quantitative estimate of drug-likeness (QED) is 0.273. The van der Waals surface area contributed by atoms with Gasteiger partial charge in [-0.2, -0.15) is 4.57 Å². The van der Waals surface area contributed by atoms with Gasteiger partial charge in [0, 0.05) is 25.2 Å². The summed E-state index contributed by atoms with van der Waals surface area (Å²) in [4.78, 5) is 52.4. The molecule has 1 saturated heterocycles. The Morgan fingerprint density at radius 3 is 2.50 bits per heavy atom. The van der Waals surface area contributed by atoms with Gasteiger partial charge in [-0.3, -0.25) is 14.9 Å². The van der Waals surface area contributed by atoms with Gasteiger partial charge in [-0.15, -0.1) is 0 Å². The average Bonchev–Trinajstić information content (AvgIpc) is 3.54. The molecule has 2 fully saturated rings. The number of rotatable bonds is 6. The van der Waals surface area contributed by atoms with Crippen LogP contribution in [0.2, 0.25) is 0 Å². The number of nitrogens with zero attached hydrogens (tertiary/aromatic N) is 3. The molecule has 36 heavy (non-hydrogen) atoms. The molecule has 3 heterocycles. The Hall–Kier alpha value is -3.87. The van der Waals surface area contributed by atoms with E-state index in [4.69, 9.17) is 10.5 Å². The van der Waals surface area contributed by atoms with Crippen molar-refractivity contribution < 1.29 is 28.8 Å². The second kappa shape index (κ2) is 9.64. The fourth-order valence-corrected chi connectivity index (χ4v) is 4.04. The van der Waals surface area contributed by atoms with Crippen LogP contribution in [0.1, 0.15) is 49.5 Å². The SMILES string of the molecule is CC(C)(C)C[n+]1c(O)c(C(=O)NC2CC2)c(=O)n2[nH]c(NC(N)=O)c(/C=C/C(=O)N3CCOCC3)c21. The Balaban J connectivity index is 1.91. The minimum absolute atomic E-state index is 0.0338. The molecule has 6 N–H and O–H groups in total. The van der Waals surface area contributed by atoms with Crippen molar-refractivity contribution in [2.24, 2.45) is 11.1 Å². The van der Waals surface area contributed by atoms with Crippen LogP contribution in [0, 0.1) is 5.41 Å². The molecule has 1 aliphatic heterocycles. The fourth-order valence-electron chi connectivity index (χ4n) is 4.04. The van der Waals surface area contributed by atoms with Crippen molar-refractivity contribution in [2.45, 2.75) is 46.2 Å². The monoisotopic (exact) mass is 502 g/mol. The number of primary amides is 1. The summed E-state index contributed by atoms with van der Waals surface area (Å²) < 4.78 is 7.77. The number of carbonyl (C=O) groups is 3. The van der Waals surface area contributed by atoms with E-state index in [0.717, 1.165) is 17.4 Å². The minimum Gasteiger partial charge on any atom is -0.477 e. The Morgan fingerprint density at radius 1 is 1.25 bits per heavy atom. The van der Waals surface area contributed by atoms with Gasteiger partial charge in [-0.1, -0.05) is 25.3 Å². The highest BCUT2D eigenvalue weighted by molar-refractivity contribution is 5.98. The number of anilines is 1. The van der Waals surface area contributed by atoms with Crippen LogP contribution >= 0.6 is 0 Å². The number of nitrogens with two attached hydrogens (primary N) is 1. The van der Waals surface area contributed by atoms with Gasteiger partial charge < -0.3 is 25.8 Å². The highest BCUT2D eigenvalue weighted by Crippen LogP contribution is 2.25. The van der Waals surface area contributed by atoms with Crippen molar-refractivity contribution >= 4 is 35.4 Å². The lowest BCUT2D eigenvalue weighted by molar-refractivity contribution is -0.692. The number of urea groups is 1. The minimum atomic E-state index is -0.901. The second-order valence-electron chi connectivity index (χ2n) is 10.2. The number of aromatic hydroxyl groups is 1. The van der Waals surface area contributed by atoms with E-state index in [2.05, 4.69) is 15.7 Å². The van der Waals surface area contributed by atoms with Gasteiger partial charge in [0.25, 0.3) is 5.91 Å². The maximum atomic E-state index is 13.4. The molecule has 2 aliphatic rings. The van der Waals surface area contributed by atoms with E-state index in [9.17, 15) is 24.3 Å². The third kappa shape index (κ3) is 5.35. The fraction of sp³-hybridized carbons (Fsp3) is 0.522. The summed E-state index contributed by atoms with van der Waals surface area (Å²) in [5, 5.41) is 19.1. The summed E-state index contributed by atoms with van der Waals surface area (Å²) in [6.45, 7) is 7.73. The number of hydrogen-bond donors (Lipinski definition) is 5. The summed E-state index contributed by atoms with van der Waals surface area (Å²) in [6, 6.07) is -0.935. The normalized spacial score (nSPS) is 16.5. The van der Waals surface area contributed by atoms with Crippen LogP contribution in [-0.2, 0) is 16.1 Å². The Morgan fingerprint density at radius 2 is 1.92 bits per heavy atom. The standard InChI is InChI=1S/C23H31N7O6/c1-23(2,3)12-29-19-14(6-7-15(31)28-8-10-36-11-9-28)17(26-22(24)35)27-30(19)21(34)16(20(29)33)18(32)25-13-4-5-13/h6-7,13H,4-5,8-12H2,1-3H3,(H5,24,25,26,27,32,33,34,35)/p+1/b7-6+. The number of aromatic amines is 1. The van der Waals surface area contributed by atoms with E-state index in [1.165, 1.54) is 16.7 Å². The average molecular weight is 503 g/mol. The van der Waals surface area contributed by atoms with Gasteiger partial charge >= 0.3 is 23.1 Å². The molecule has 1 aliphatic carbocycles. The van der Waals surface area contributed by atoms with Crippen LogP contribution in [0.25, 0.3) is 11.7 Å². The molecule has 2 aromatic heterocycles. The number of amides is 4. The van der Waals surface area contributed by atoms with E-state index < -0.39 is 28.9 Å². The Bertz CT molecular complexity index is 1290. The third-order valence-electron chi connectivity index (χ3n) is 5.83. The summed E-state index contributed by atoms with van der Waals surface area (Å²) in [5.41, 5.74) is 4.13. The number of morpholine rings is 1. The number of H-pyrrole nitrogens is 1. The maximum absolute atomic E-state index is 13.4. The lowest BCUT2D eigenvalue weighted by Gasteiger charge is -2.25. The van der Waals surface area contributed by atoms with Crippen molar-refractivity contribution in [2.75, 3.05) is 31.6 Å². The first-order valence-corrected chi connectivity index (χ1v) is 11.8. The van der Waals surface area contributed by atoms with E-state index >= 15 is 0 Å². The first-order chi connectivity index (χ1) is 17.0. The van der Waals surface area contributed by atoms with Crippen LogP contribution in [-0.4, -0.2) is 69.8 Å². The summed E-state index contributed by atoms with van der Waals surface area (Å²) in [7, 11) is 0. The van der Waals surface area contributed by atoms with Crippen LogP contribution in [0.5, 0.6) is 5.88 Å². The maximum Gasteiger partial charge on any atom is 0.378 e. The molecule has 4 amide bonds. The van der Waals surface area contributed by atoms with Gasteiger partial charge in [0.05, 0.1) is 19.8 Å². The highest BCUT2D eigenvalue weighted by Gasteiger charge is 2.36. The largest absolute Gasteiger partial charge is 0.477 e. The van der Waals surface area contributed by atoms with Crippen LogP contribution < -0.4 is 26.5 Å². The molecule has 2 aromatic rings. The van der Waals surface area contributed by atoms with Crippen molar-refractivity contribution in [3.8, 4) is 5.88 Å². The number of hydrogen-bond acceptors (Lipinski definition) is 6. The first kappa shape index (κ1) is 25.2. The number of fused-ring (bicyclic) bond motifs is 1. The van der Waals surface area contributed by atoms with Crippen LogP contribution in [0.3, 0.4) is 0 Å². The van der Waals surface area contributed by atoms with Gasteiger partial charge in [0.2, 0.25) is 11.5 Å². The molecule has 13 heteroatoms. The molecule has 0 aromatic carbocycles. The zero-order valence-corrected chi connectivity index (χ0v) is 20.6. The summed E-state index contributed by atoms with van der Waals surface area (Å²) in [5.74, 6) is -1.44. The van der Waals surface area contributed by atoms with Gasteiger partial charge in [0.15, 0.2) is 5.82 Å². The zero-order valence-electron chi connectivity index (χ0n) is 20.6. The lowest BCUT2D eigenvalue weighted by Crippen LogP contribution is -2.47. The predicted octanol–water partition coefficient (Wildman–Crippen LogP) is -0.0784. The third-order valence-corrected chi connectivity index (χ3v) is 5.83. The van der Waals surface area contributed by atoms with Crippen molar-refractivity contribution in [1.82, 2.24) is 19.8 Å². The number of nitrogens with one attached hydrogen (secondary N) is 3. The van der Waals surface area contributed by atoms with Gasteiger partial charge in [-0.05, 0) is 24.3 Å². The predicted molar refractivity (Wildman–Crippen MR) is 129 cm³/mol. The van der Waals surface area contributed by atoms with Gasteiger partial charge in [0.1, 0.15) is 5.56 Å². The van der Waals surface area contributed by atoms with Crippen LogP contribution in [0.15, 0.2) is 10.9 Å². The number of ether oxygens (including phenoxy) is 1. The van der Waals surface area contributed by atoms with Crippen molar-refractivity contribution in [1.29, 1.82) is 0 Å². The van der Waals surface area contributed by atoms with Crippen molar-refractivity contribution in [3.63, 3.8) is 0 Å². The molecule has 0 radical (unpaired) electrons. The molecule has 194 valence electrons. The summed E-state index contributed by atoms with van der Waals surface area (Å²) >= 11 is 0. The van der Waals surface area contributed by atoms with E-state index in [1.807, 2.05) is 20.8 Å². The highest BCUT2D eigenvalue weighted by atomic mass is 16.5. The molecule has 0 unspecified atom stereocenters. The molecular weight excluding hydrogens is 470 g/mol. The molecule has 1 saturated carbocycles. The molecular formula is C23H32N7O6+. The molecule has 4 rings (SSSR count). The topological polar surface area (TPSA) is 175 Å². The lowest BCUT2D eigenvalue weighted by atomic mass is 9.96. The second-order valence-corrected chi connectivity index (χ2v) is 10.2. The van der Waals surface area contributed by atoms with Crippen molar-refractivity contribution in [3.05, 3.63) is 27.6 Å². The van der Waals surface area contributed by atoms with E-state index in [1.54, 1.807) is 4.90 Å². The zero-order chi connectivity index (χ0) is 26.2. The Kier molecular flexibility index (Phi) is 6.76. The number of aromatic nitrogens is 3. The molecule has 0 atom stereocenters. The van der Waals surface area contributed by atoms with E-state index in [-0.39, 0.29) is 40.9 Å². The first-order valence-electron chi connectivity index (χ1n) is 11.8. The van der Waals surface area contributed by atoms with E-state index in [0.29, 0.717) is 26.3 Å². The number of carbonyl (C=O) groups excluding carboxylic acids is 3. The van der Waals surface area contributed by atoms with Gasteiger partial charge in [-0.25, -0.2) is 14.7 Å². The molecule has 0 spiro atoms. The molecule has 0 bridgehead atoms. The molecule has 13 nitrogen and oxygen atoms in total. The smallest absolute Gasteiger partial charge is 0.378 e. The van der Waals surface area contributed by atoms with Crippen LogP contribution in [0.4, 0.5) is 10.6 Å². The Labute approximate surface area is 206 Å². The summed E-state index contributed by atoms with van der Waals surface area (Å²) in [6.07, 6.45) is 4.37.